The number of halogens is 1. The van der Waals surface area contributed by atoms with Crippen molar-refractivity contribution in [1.82, 2.24) is 0 Å². The molecule has 1 aliphatic heterocycles. The highest BCUT2D eigenvalue weighted by molar-refractivity contribution is 5.71. The molecule has 4 heteroatoms. The second-order valence-corrected chi connectivity index (χ2v) is 6.72. The Bertz CT molecular complexity index is 608. The minimum absolute atomic E-state index is 0. The SMILES string of the molecule is C[NH+](CCC(c1ccccc1)c1ccccc1)C[C@H]1CCC(=O)O1.[Br-]. The molecule has 2 aromatic rings. The summed E-state index contributed by atoms with van der Waals surface area (Å²) in [5, 5.41) is 0. The Hall–Kier alpha value is -1.65. The van der Waals surface area contributed by atoms with Gasteiger partial charge in [-0.15, -0.1) is 0 Å². The van der Waals surface area contributed by atoms with Crippen LogP contribution in [0, 0.1) is 0 Å². The molecule has 1 heterocycles. The fourth-order valence-corrected chi connectivity index (χ4v) is 3.50. The van der Waals surface area contributed by atoms with Crippen molar-refractivity contribution in [2.24, 2.45) is 0 Å². The molecule has 3 rings (SSSR count). The predicted octanol–water partition coefficient (Wildman–Crippen LogP) is -0.567. The Kier molecular flexibility index (Phi) is 7.66. The van der Waals surface area contributed by atoms with Crippen molar-refractivity contribution in [1.29, 1.82) is 0 Å². The van der Waals surface area contributed by atoms with Crippen LogP contribution < -0.4 is 21.9 Å². The molecule has 2 atom stereocenters. The first-order chi connectivity index (χ1) is 11.7. The third-order valence-electron chi connectivity index (χ3n) is 4.81. The zero-order valence-corrected chi connectivity index (χ0v) is 16.2. The summed E-state index contributed by atoms with van der Waals surface area (Å²) in [4.78, 5) is 12.7. The van der Waals surface area contributed by atoms with Crippen molar-refractivity contribution in [3.63, 3.8) is 0 Å². The lowest BCUT2D eigenvalue weighted by Gasteiger charge is -2.22. The number of esters is 1. The highest BCUT2D eigenvalue weighted by Gasteiger charge is 2.26. The van der Waals surface area contributed by atoms with Gasteiger partial charge in [0.05, 0.1) is 13.6 Å². The van der Waals surface area contributed by atoms with Gasteiger partial charge in [0.15, 0.2) is 6.10 Å². The van der Waals surface area contributed by atoms with Crippen molar-refractivity contribution in [3.05, 3.63) is 71.8 Å². The van der Waals surface area contributed by atoms with Crippen LogP contribution in [0.15, 0.2) is 60.7 Å². The zero-order chi connectivity index (χ0) is 16.8. The third kappa shape index (κ3) is 5.68. The number of hydrogen-bond acceptors (Lipinski definition) is 2. The van der Waals surface area contributed by atoms with E-state index in [4.69, 9.17) is 4.74 Å². The quantitative estimate of drug-likeness (QED) is 0.627. The molecule has 3 nitrogen and oxygen atoms in total. The highest BCUT2D eigenvalue weighted by Crippen LogP contribution is 2.27. The van der Waals surface area contributed by atoms with E-state index in [-0.39, 0.29) is 29.1 Å². The summed E-state index contributed by atoms with van der Waals surface area (Å²) in [5.74, 6) is 0.368. The molecule has 25 heavy (non-hydrogen) atoms. The molecular formula is C21H26BrNO2. The van der Waals surface area contributed by atoms with Gasteiger partial charge >= 0.3 is 5.97 Å². The molecule has 0 saturated carbocycles. The topological polar surface area (TPSA) is 30.7 Å². The molecule has 2 aromatic carbocycles. The third-order valence-corrected chi connectivity index (χ3v) is 4.81. The average Bonchev–Trinajstić information content (AvgIpc) is 3.02. The van der Waals surface area contributed by atoms with Gasteiger partial charge in [-0.1, -0.05) is 60.7 Å². The maximum absolute atomic E-state index is 11.2. The van der Waals surface area contributed by atoms with Crippen LogP contribution in [0.2, 0.25) is 0 Å². The molecule has 1 N–H and O–H groups in total. The van der Waals surface area contributed by atoms with Crippen LogP contribution >= 0.6 is 0 Å². The fourth-order valence-electron chi connectivity index (χ4n) is 3.50. The van der Waals surface area contributed by atoms with Crippen molar-refractivity contribution >= 4 is 5.97 Å². The summed E-state index contributed by atoms with van der Waals surface area (Å²) in [5.41, 5.74) is 2.73. The summed E-state index contributed by atoms with van der Waals surface area (Å²) in [6.07, 6.45) is 2.64. The van der Waals surface area contributed by atoms with E-state index in [1.54, 1.807) is 0 Å². The van der Waals surface area contributed by atoms with E-state index in [0.717, 1.165) is 25.9 Å². The molecule has 0 radical (unpaired) electrons. The van der Waals surface area contributed by atoms with Crippen LogP contribution in [-0.4, -0.2) is 32.2 Å². The van der Waals surface area contributed by atoms with Gasteiger partial charge in [0.1, 0.15) is 6.54 Å². The number of ether oxygens (including phenoxy) is 1. The number of likely N-dealkylation sites (N-methyl/N-ethyl adjacent to an activating group) is 1. The second-order valence-electron chi connectivity index (χ2n) is 6.72. The lowest BCUT2D eigenvalue weighted by atomic mass is 9.88. The monoisotopic (exact) mass is 403 g/mol. The molecular weight excluding hydrogens is 378 g/mol. The van der Waals surface area contributed by atoms with Crippen LogP contribution in [0.5, 0.6) is 0 Å². The van der Waals surface area contributed by atoms with Gasteiger partial charge in [0, 0.05) is 25.2 Å². The minimum atomic E-state index is -0.0424. The van der Waals surface area contributed by atoms with E-state index < -0.39 is 0 Å². The van der Waals surface area contributed by atoms with Crippen molar-refractivity contribution in [2.75, 3.05) is 20.1 Å². The van der Waals surface area contributed by atoms with E-state index in [2.05, 4.69) is 67.7 Å². The standard InChI is InChI=1S/C21H25NO2.BrH/c1-22(16-19-12-13-21(23)24-19)15-14-20(17-8-4-2-5-9-17)18-10-6-3-7-11-18;/h2-11,19-20H,12-16H2,1H3;1H/t19-;/m1./s1. The average molecular weight is 404 g/mol. The Morgan fingerprint density at radius 1 is 1.04 bits per heavy atom. The lowest BCUT2D eigenvalue weighted by Crippen LogP contribution is -3.10. The van der Waals surface area contributed by atoms with E-state index in [0.29, 0.717) is 12.3 Å². The first kappa shape index (κ1) is 19.7. The molecule has 0 bridgehead atoms. The van der Waals surface area contributed by atoms with Gasteiger partial charge in [-0.25, -0.2) is 0 Å². The molecule has 0 spiro atoms. The maximum atomic E-state index is 11.2. The normalized spacial score (nSPS) is 17.8. The first-order valence-electron chi connectivity index (χ1n) is 8.83. The van der Waals surface area contributed by atoms with Gasteiger partial charge in [-0.2, -0.15) is 0 Å². The Balaban J connectivity index is 0.00000225. The number of carbonyl (C=O) groups excluding carboxylic acids is 1. The number of carbonyl (C=O) groups is 1. The molecule has 1 saturated heterocycles. The largest absolute Gasteiger partial charge is 1.00 e. The number of nitrogens with one attached hydrogen (secondary N) is 1. The summed E-state index contributed by atoms with van der Waals surface area (Å²) in [7, 11) is 2.19. The molecule has 0 aromatic heterocycles. The maximum Gasteiger partial charge on any atom is 0.306 e. The highest BCUT2D eigenvalue weighted by atomic mass is 79.9. The Labute approximate surface area is 160 Å². The van der Waals surface area contributed by atoms with Crippen molar-refractivity contribution < 1.29 is 31.4 Å². The second kappa shape index (κ2) is 9.73. The van der Waals surface area contributed by atoms with E-state index in [1.165, 1.54) is 16.0 Å². The van der Waals surface area contributed by atoms with Crippen LogP contribution in [0.25, 0.3) is 0 Å². The van der Waals surface area contributed by atoms with Gasteiger partial charge < -0.3 is 26.6 Å². The van der Waals surface area contributed by atoms with E-state index in [9.17, 15) is 4.79 Å². The van der Waals surface area contributed by atoms with Gasteiger partial charge in [0.2, 0.25) is 0 Å². The van der Waals surface area contributed by atoms with Crippen LogP contribution in [0.3, 0.4) is 0 Å². The Morgan fingerprint density at radius 2 is 1.60 bits per heavy atom. The number of cyclic esters (lactones) is 1. The molecule has 0 amide bonds. The lowest BCUT2D eigenvalue weighted by molar-refractivity contribution is -0.882. The van der Waals surface area contributed by atoms with Crippen LogP contribution in [-0.2, 0) is 9.53 Å². The summed E-state index contributed by atoms with van der Waals surface area (Å²) in [6, 6.07) is 21.4. The summed E-state index contributed by atoms with van der Waals surface area (Å²) >= 11 is 0. The van der Waals surface area contributed by atoms with Crippen molar-refractivity contribution in [3.8, 4) is 0 Å². The van der Waals surface area contributed by atoms with Gasteiger partial charge in [-0.3, -0.25) is 4.79 Å². The van der Waals surface area contributed by atoms with E-state index >= 15 is 0 Å². The Morgan fingerprint density at radius 3 is 2.08 bits per heavy atom. The number of benzene rings is 2. The number of rotatable bonds is 7. The molecule has 134 valence electrons. The summed E-state index contributed by atoms with van der Waals surface area (Å²) in [6.45, 7) is 1.96. The fraction of sp³-hybridized carbons (Fsp3) is 0.381. The molecule has 1 unspecified atom stereocenters. The van der Waals surface area contributed by atoms with E-state index in [1.807, 2.05) is 0 Å². The molecule has 1 fully saturated rings. The number of quaternary nitrogens is 1. The zero-order valence-electron chi connectivity index (χ0n) is 14.7. The smallest absolute Gasteiger partial charge is 0.306 e. The molecule has 1 aliphatic rings. The van der Waals surface area contributed by atoms with Gasteiger partial charge in [0.25, 0.3) is 0 Å². The number of hydrogen-bond donors (Lipinski definition) is 1. The first-order valence-corrected chi connectivity index (χ1v) is 8.83. The minimum Gasteiger partial charge on any atom is -1.00 e. The molecule has 0 aliphatic carbocycles. The van der Waals surface area contributed by atoms with Crippen LogP contribution in [0.4, 0.5) is 0 Å². The van der Waals surface area contributed by atoms with Crippen molar-refractivity contribution in [2.45, 2.75) is 31.3 Å². The van der Waals surface area contributed by atoms with Crippen LogP contribution in [0.1, 0.15) is 36.3 Å². The van der Waals surface area contributed by atoms with Gasteiger partial charge in [-0.05, 0) is 11.1 Å². The summed E-state index contributed by atoms with van der Waals surface area (Å²) < 4.78 is 5.35. The predicted molar refractivity (Wildman–Crippen MR) is 95.1 cm³/mol.